The molecule has 2 saturated heterocycles. The lowest BCUT2D eigenvalue weighted by molar-refractivity contribution is 0.122. The van der Waals surface area contributed by atoms with E-state index in [1.165, 1.54) is 0 Å². The molecule has 2 fully saturated rings. The highest BCUT2D eigenvalue weighted by atomic mass is 16.5. The molecule has 0 amide bonds. The summed E-state index contributed by atoms with van der Waals surface area (Å²) >= 11 is 0. The molecule has 0 saturated carbocycles. The molecule has 0 aliphatic carbocycles. The van der Waals surface area contributed by atoms with Crippen molar-refractivity contribution >= 4 is 17.5 Å². The van der Waals surface area contributed by atoms with Crippen LogP contribution < -0.4 is 15.1 Å². The third-order valence-corrected chi connectivity index (χ3v) is 4.97. The fourth-order valence-corrected chi connectivity index (χ4v) is 3.58. The van der Waals surface area contributed by atoms with Crippen molar-refractivity contribution in [3.05, 3.63) is 36.3 Å². The number of anilines is 3. The van der Waals surface area contributed by atoms with Gasteiger partial charge in [0.05, 0.1) is 13.2 Å². The lowest BCUT2D eigenvalue weighted by Crippen LogP contribution is -2.42. The van der Waals surface area contributed by atoms with Crippen LogP contribution in [0.15, 0.2) is 30.6 Å². The summed E-state index contributed by atoms with van der Waals surface area (Å²) in [7, 11) is 0. The van der Waals surface area contributed by atoms with E-state index in [4.69, 9.17) is 11.2 Å². The van der Waals surface area contributed by atoms with Crippen molar-refractivity contribution in [1.82, 2.24) is 15.0 Å². The van der Waals surface area contributed by atoms with E-state index in [1.54, 1.807) is 6.33 Å². The molecule has 2 aromatic heterocycles. The summed E-state index contributed by atoms with van der Waals surface area (Å²) < 4.78 is 5.42. The van der Waals surface area contributed by atoms with Gasteiger partial charge in [-0.15, -0.1) is 6.42 Å². The van der Waals surface area contributed by atoms with Gasteiger partial charge in [0.2, 0.25) is 0 Å². The zero-order valence-corrected chi connectivity index (χ0v) is 15.3. The summed E-state index contributed by atoms with van der Waals surface area (Å²) in [6.07, 6.45) is 9.31. The van der Waals surface area contributed by atoms with Crippen LogP contribution >= 0.6 is 0 Å². The second-order valence-corrected chi connectivity index (χ2v) is 6.82. The Hall–Kier alpha value is -2.85. The monoisotopic (exact) mass is 364 g/mol. The normalized spacial score (nSPS) is 20.2. The van der Waals surface area contributed by atoms with Gasteiger partial charge in [0, 0.05) is 38.3 Å². The summed E-state index contributed by atoms with van der Waals surface area (Å²) in [6.45, 7) is 5.08. The second kappa shape index (κ2) is 8.23. The van der Waals surface area contributed by atoms with E-state index in [-0.39, 0.29) is 0 Å². The van der Waals surface area contributed by atoms with E-state index in [1.807, 2.05) is 24.3 Å². The first-order chi connectivity index (χ1) is 13.3. The molecule has 2 aliphatic rings. The Labute approximate surface area is 159 Å². The molecule has 0 unspecified atom stereocenters. The van der Waals surface area contributed by atoms with Crippen molar-refractivity contribution < 1.29 is 4.74 Å². The summed E-state index contributed by atoms with van der Waals surface area (Å²) in [5.41, 5.74) is 0.675. The van der Waals surface area contributed by atoms with Gasteiger partial charge in [0.15, 0.2) is 0 Å². The summed E-state index contributed by atoms with van der Waals surface area (Å²) in [5.74, 6) is 5.36. The number of ether oxygens (including phenoxy) is 1. The molecule has 4 heterocycles. The summed E-state index contributed by atoms with van der Waals surface area (Å²) in [6, 6.07) is 8.18. The molecule has 4 rings (SSSR count). The van der Waals surface area contributed by atoms with Crippen LogP contribution in [0.1, 0.15) is 18.5 Å². The van der Waals surface area contributed by atoms with Crippen LogP contribution in [0.3, 0.4) is 0 Å². The van der Waals surface area contributed by atoms with Gasteiger partial charge in [0.1, 0.15) is 29.5 Å². The van der Waals surface area contributed by atoms with Crippen molar-refractivity contribution in [1.29, 1.82) is 0 Å². The first kappa shape index (κ1) is 17.6. The molecular formula is C20H24N6O. The number of pyridine rings is 1. The minimum absolute atomic E-state index is 0.308. The number of hydrogen-bond acceptors (Lipinski definition) is 7. The van der Waals surface area contributed by atoms with Crippen LogP contribution in [0, 0.1) is 12.3 Å². The Morgan fingerprint density at radius 3 is 2.85 bits per heavy atom. The molecular weight excluding hydrogens is 340 g/mol. The van der Waals surface area contributed by atoms with Gasteiger partial charge in [-0.3, -0.25) is 0 Å². The third-order valence-electron chi connectivity index (χ3n) is 4.97. The molecule has 0 bridgehead atoms. The molecule has 2 aliphatic heterocycles. The molecule has 1 N–H and O–H groups in total. The molecule has 140 valence electrons. The highest BCUT2D eigenvalue weighted by Crippen LogP contribution is 2.22. The minimum Gasteiger partial charge on any atom is -0.378 e. The summed E-state index contributed by atoms with van der Waals surface area (Å²) in [5, 5.41) is 3.57. The molecule has 0 spiro atoms. The molecule has 0 radical (unpaired) electrons. The molecule has 7 heteroatoms. The Kier molecular flexibility index (Phi) is 5.35. The number of rotatable bonds is 4. The van der Waals surface area contributed by atoms with Gasteiger partial charge in [-0.25, -0.2) is 15.0 Å². The number of aromatic nitrogens is 3. The van der Waals surface area contributed by atoms with Crippen LogP contribution in [-0.4, -0.2) is 60.4 Å². The van der Waals surface area contributed by atoms with Gasteiger partial charge in [-0.05, 0) is 25.0 Å². The van der Waals surface area contributed by atoms with Crippen molar-refractivity contribution in [2.45, 2.75) is 18.9 Å². The van der Waals surface area contributed by atoms with Crippen molar-refractivity contribution in [3.63, 3.8) is 0 Å². The van der Waals surface area contributed by atoms with Crippen LogP contribution in [0.4, 0.5) is 17.5 Å². The Morgan fingerprint density at radius 2 is 2.00 bits per heavy atom. The lowest BCUT2D eigenvalue weighted by Gasteiger charge is -2.34. The first-order valence-corrected chi connectivity index (χ1v) is 9.42. The largest absolute Gasteiger partial charge is 0.378 e. The number of morpholine rings is 1. The predicted octanol–water partition coefficient (Wildman–Crippen LogP) is 1.77. The van der Waals surface area contributed by atoms with E-state index >= 15 is 0 Å². The maximum atomic E-state index is 5.48. The van der Waals surface area contributed by atoms with Gasteiger partial charge in [0.25, 0.3) is 0 Å². The number of terminal acetylenes is 1. The fraction of sp³-hybridized carbons (Fsp3) is 0.450. The van der Waals surface area contributed by atoms with E-state index in [9.17, 15) is 0 Å². The maximum absolute atomic E-state index is 5.48. The lowest BCUT2D eigenvalue weighted by atomic mass is 10.1. The quantitative estimate of drug-likeness (QED) is 0.830. The van der Waals surface area contributed by atoms with E-state index < -0.39 is 0 Å². The smallest absolute Gasteiger partial charge is 0.134 e. The Bertz CT molecular complexity index is 814. The van der Waals surface area contributed by atoms with E-state index in [2.05, 4.69) is 36.0 Å². The van der Waals surface area contributed by atoms with Crippen molar-refractivity contribution in [2.24, 2.45) is 0 Å². The average Bonchev–Trinajstić information content (AvgIpc) is 2.75. The average molecular weight is 364 g/mol. The number of hydrogen-bond donors (Lipinski definition) is 1. The third kappa shape index (κ3) is 4.29. The standard InChI is InChI=1S/C20H24N6O/c1-2-16-5-3-7-19(24-16)26-8-4-6-17(14-26)23-18-13-20(22-15-21-18)25-9-11-27-12-10-25/h1,3,5,7,13,15,17H,4,6,8-12,14H2,(H,21,22,23)/t17-/m1/s1. The van der Waals surface area contributed by atoms with Crippen LogP contribution in [0.2, 0.25) is 0 Å². The van der Waals surface area contributed by atoms with Crippen molar-refractivity contribution in [2.75, 3.05) is 54.5 Å². The highest BCUT2D eigenvalue weighted by molar-refractivity contribution is 5.50. The molecule has 0 aromatic carbocycles. The van der Waals surface area contributed by atoms with Gasteiger partial charge >= 0.3 is 0 Å². The Morgan fingerprint density at radius 1 is 1.11 bits per heavy atom. The second-order valence-electron chi connectivity index (χ2n) is 6.82. The predicted molar refractivity (Wildman–Crippen MR) is 106 cm³/mol. The highest BCUT2D eigenvalue weighted by Gasteiger charge is 2.22. The van der Waals surface area contributed by atoms with Crippen LogP contribution in [0.25, 0.3) is 0 Å². The Balaban J connectivity index is 1.42. The molecule has 2 aromatic rings. The zero-order valence-electron chi connectivity index (χ0n) is 15.3. The van der Waals surface area contributed by atoms with E-state index in [0.717, 1.165) is 69.7 Å². The number of piperidine rings is 1. The minimum atomic E-state index is 0.308. The molecule has 1 atom stereocenters. The summed E-state index contributed by atoms with van der Waals surface area (Å²) in [4.78, 5) is 17.9. The molecule has 27 heavy (non-hydrogen) atoms. The topological polar surface area (TPSA) is 66.4 Å². The SMILES string of the molecule is C#Cc1cccc(N2CCC[C@@H](Nc3cc(N4CCOCC4)ncn3)C2)n1. The number of nitrogens with one attached hydrogen (secondary N) is 1. The number of nitrogens with zero attached hydrogens (tertiary/aromatic N) is 5. The fourth-order valence-electron chi connectivity index (χ4n) is 3.58. The van der Waals surface area contributed by atoms with Crippen LogP contribution in [0.5, 0.6) is 0 Å². The van der Waals surface area contributed by atoms with Gasteiger partial charge in [-0.1, -0.05) is 12.0 Å². The van der Waals surface area contributed by atoms with Crippen molar-refractivity contribution in [3.8, 4) is 12.3 Å². The molecule has 7 nitrogen and oxygen atoms in total. The first-order valence-electron chi connectivity index (χ1n) is 9.42. The maximum Gasteiger partial charge on any atom is 0.134 e. The van der Waals surface area contributed by atoms with Crippen LogP contribution in [-0.2, 0) is 4.74 Å². The zero-order chi connectivity index (χ0) is 18.5. The van der Waals surface area contributed by atoms with Gasteiger partial charge in [-0.2, -0.15) is 0 Å². The van der Waals surface area contributed by atoms with Gasteiger partial charge < -0.3 is 19.9 Å². The van der Waals surface area contributed by atoms with E-state index in [0.29, 0.717) is 11.7 Å².